The summed E-state index contributed by atoms with van der Waals surface area (Å²) in [5.74, 6) is 0.957. The summed E-state index contributed by atoms with van der Waals surface area (Å²) >= 11 is 1.53. The Morgan fingerprint density at radius 2 is 1.92 bits per heavy atom. The Morgan fingerprint density at radius 1 is 1.12 bits per heavy atom. The summed E-state index contributed by atoms with van der Waals surface area (Å²) < 4.78 is 48.1. The molecule has 5 nitrogen and oxygen atoms in total. The van der Waals surface area contributed by atoms with Gasteiger partial charge in [0.05, 0.1) is 0 Å². The van der Waals surface area contributed by atoms with E-state index in [0.717, 1.165) is 4.90 Å². The van der Waals surface area contributed by atoms with Crippen molar-refractivity contribution in [2.75, 3.05) is 12.4 Å². The van der Waals surface area contributed by atoms with Crippen LogP contribution in [0.5, 0.6) is 5.88 Å². The molecule has 3 aromatic rings. The number of hydrogen-bond donors (Lipinski definition) is 0. The van der Waals surface area contributed by atoms with E-state index in [2.05, 4.69) is 15.2 Å². The van der Waals surface area contributed by atoms with E-state index < -0.39 is 13.0 Å². The minimum atomic E-state index is -2.61. The number of rotatable bonds is 8. The van der Waals surface area contributed by atoms with Gasteiger partial charge in [0.25, 0.3) is 12.3 Å². The predicted octanol–water partition coefficient (Wildman–Crippen LogP) is 4.25. The van der Waals surface area contributed by atoms with Crippen LogP contribution in [0.25, 0.3) is 11.5 Å². The first-order chi connectivity index (χ1) is 12.6. The zero-order chi connectivity index (χ0) is 18.4. The third kappa shape index (κ3) is 4.98. The van der Waals surface area contributed by atoms with Gasteiger partial charge in [-0.15, -0.1) is 22.0 Å². The maximum atomic E-state index is 12.9. The lowest BCUT2D eigenvalue weighted by Crippen LogP contribution is -2.08. The quantitative estimate of drug-likeness (QED) is 0.544. The number of nitrogens with zero attached hydrogens (tertiary/aromatic N) is 3. The zero-order valence-electron chi connectivity index (χ0n) is 13.4. The fourth-order valence-corrected chi connectivity index (χ4v) is 2.90. The minimum absolute atomic E-state index is 0.0173. The Hall–Kier alpha value is -2.55. The summed E-state index contributed by atoms with van der Waals surface area (Å²) in [5.41, 5.74) is 0.359. The topological polar surface area (TPSA) is 61.0 Å². The molecule has 0 aliphatic carbocycles. The van der Waals surface area contributed by atoms with Crippen LogP contribution in [0.1, 0.15) is 5.89 Å². The van der Waals surface area contributed by atoms with Gasteiger partial charge in [-0.2, -0.15) is 0 Å². The van der Waals surface area contributed by atoms with E-state index in [1.165, 1.54) is 30.1 Å². The minimum Gasteiger partial charge on any atom is -0.471 e. The van der Waals surface area contributed by atoms with Crippen LogP contribution in [-0.2, 0) is 6.42 Å². The maximum absolute atomic E-state index is 12.9. The van der Waals surface area contributed by atoms with E-state index in [1.54, 1.807) is 24.3 Å². The number of alkyl halides is 2. The molecule has 0 aliphatic rings. The van der Waals surface area contributed by atoms with E-state index in [-0.39, 0.29) is 17.6 Å². The molecule has 2 aromatic heterocycles. The fraction of sp³-hybridized carbons (Fsp3) is 0.235. The summed E-state index contributed by atoms with van der Waals surface area (Å²) in [6.07, 6.45) is -0.671. The number of thioether (sulfide) groups is 1. The molecule has 0 N–H and O–H groups in total. The molecule has 26 heavy (non-hydrogen) atoms. The van der Waals surface area contributed by atoms with Crippen LogP contribution >= 0.6 is 11.8 Å². The average Bonchev–Trinajstić information content (AvgIpc) is 3.10. The molecule has 1 aromatic carbocycles. The van der Waals surface area contributed by atoms with Crippen LogP contribution in [0, 0.1) is 5.82 Å². The molecule has 3 rings (SSSR count). The number of hydrogen-bond acceptors (Lipinski definition) is 6. The molecular formula is C17H14F3N3O2S. The third-order valence-electron chi connectivity index (χ3n) is 3.21. The van der Waals surface area contributed by atoms with Crippen molar-refractivity contribution in [1.82, 2.24) is 15.2 Å². The molecule has 0 fully saturated rings. The van der Waals surface area contributed by atoms with Crippen LogP contribution in [0.2, 0.25) is 0 Å². The first kappa shape index (κ1) is 18.2. The smallest absolute Gasteiger partial charge is 0.272 e. The Bertz CT molecular complexity index is 843. The van der Waals surface area contributed by atoms with E-state index in [1.807, 2.05) is 0 Å². The van der Waals surface area contributed by atoms with Crippen molar-refractivity contribution in [3.8, 4) is 17.3 Å². The van der Waals surface area contributed by atoms with Crippen molar-refractivity contribution in [2.24, 2.45) is 0 Å². The lowest BCUT2D eigenvalue weighted by Gasteiger charge is -2.06. The van der Waals surface area contributed by atoms with Crippen molar-refractivity contribution in [3.63, 3.8) is 0 Å². The SMILES string of the molecule is Fc1ccc(SCCc2nnc(-c3cccnc3OCC(F)F)o2)cc1. The number of halogens is 3. The normalized spacial score (nSPS) is 11.1. The molecule has 0 saturated heterocycles. The molecule has 0 radical (unpaired) electrons. The Kier molecular flexibility index (Phi) is 6.11. The molecule has 0 aliphatic heterocycles. The van der Waals surface area contributed by atoms with Crippen LogP contribution in [0.3, 0.4) is 0 Å². The van der Waals surface area contributed by atoms with Gasteiger partial charge in [-0.25, -0.2) is 18.2 Å². The van der Waals surface area contributed by atoms with Crippen molar-refractivity contribution in [2.45, 2.75) is 17.7 Å². The highest BCUT2D eigenvalue weighted by molar-refractivity contribution is 7.99. The second-order valence-corrected chi connectivity index (χ2v) is 6.28. The van der Waals surface area contributed by atoms with Crippen molar-refractivity contribution >= 4 is 11.8 Å². The van der Waals surface area contributed by atoms with Crippen LogP contribution < -0.4 is 4.74 Å². The van der Waals surface area contributed by atoms with Crippen LogP contribution in [0.4, 0.5) is 13.2 Å². The molecule has 0 amide bonds. The van der Waals surface area contributed by atoms with Gasteiger partial charge in [-0.05, 0) is 36.4 Å². The van der Waals surface area contributed by atoms with E-state index >= 15 is 0 Å². The number of ether oxygens (including phenoxy) is 1. The van der Waals surface area contributed by atoms with Crippen LogP contribution in [0.15, 0.2) is 51.9 Å². The van der Waals surface area contributed by atoms with E-state index in [9.17, 15) is 13.2 Å². The van der Waals surface area contributed by atoms with Crippen molar-refractivity contribution in [3.05, 3.63) is 54.3 Å². The summed E-state index contributed by atoms with van der Waals surface area (Å²) in [6, 6.07) is 9.42. The lowest BCUT2D eigenvalue weighted by molar-refractivity contribution is 0.0798. The molecule has 0 spiro atoms. The molecule has 2 heterocycles. The largest absolute Gasteiger partial charge is 0.471 e. The summed E-state index contributed by atoms with van der Waals surface area (Å²) in [6.45, 7) is -0.765. The van der Waals surface area contributed by atoms with Gasteiger partial charge >= 0.3 is 0 Å². The summed E-state index contributed by atoms with van der Waals surface area (Å²) in [7, 11) is 0. The van der Waals surface area contributed by atoms with Gasteiger partial charge in [0.2, 0.25) is 11.8 Å². The van der Waals surface area contributed by atoms with Gasteiger partial charge in [0.1, 0.15) is 11.4 Å². The number of aromatic nitrogens is 3. The lowest BCUT2D eigenvalue weighted by atomic mass is 10.3. The molecule has 0 saturated carbocycles. The third-order valence-corrected chi connectivity index (χ3v) is 4.23. The zero-order valence-corrected chi connectivity index (χ0v) is 14.3. The van der Waals surface area contributed by atoms with Gasteiger partial charge in [-0.3, -0.25) is 0 Å². The highest BCUT2D eigenvalue weighted by Crippen LogP contribution is 2.27. The highest BCUT2D eigenvalue weighted by atomic mass is 32.2. The molecule has 0 atom stereocenters. The maximum Gasteiger partial charge on any atom is 0.272 e. The van der Waals surface area contributed by atoms with Gasteiger partial charge < -0.3 is 9.15 Å². The molecular weight excluding hydrogens is 367 g/mol. The average molecular weight is 381 g/mol. The van der Waals surface area contributed by atoms with Crippen LogP contribution in [-0.4, -0.2) is 34.0 Å². The monoisotopic (exact) mass is 381 g/mol. The Balaban J connectivity index is 1.62. The summed E-state index contributed by atoms with van der Waals surface area (Å²) in [4.78, 5) is 4.86. The standard InChI is InChI=1S/C17H14F3N3O2S/c18-11-3-5-12(6-4-11)26-9-7-15-22-23-17(25-15)13-2-1-8-21-16(13)24-10-14(19)20/h1-6,8,14H,7,9-10H2. The molecule has 9 heteroatoms. The second-order valence-electron chi connectivity index (χ2n) is 5.11. The molecule has 0 bridgehead atoms. The molecule has 0 unspecified atom stereocenters. The molecule has 136 valence electrons. The first-order valence-corrected chi connectivity index (χ1v) is 8.67. The van der Waals surface area contributed by atoms with E-state index in [4.69, 9.17) is 9.15 Å². The number of pyridine rings is 1. The highest BCUT2D eigenvalue weighted by Gasteiger charge is 2.16. The fourth-order valence-electron chi connectivity index (χ4n) is 2.06. The second kappa shape index (κ2) is 8.70. The summed E-state index contributed by atoms with van der Waals surface area (Å²) in [5, 5.41) is 7.88. The van der Waals surface area contributed by atoms with Gasteiger partial charge in [-0.1, -0.05) is 0 Å². The number of benzene rings is 1. The van der Waals surface area contributed by atoms with E-state index in [0.29, 0.717) is 23.6 Å². The Morgan fingerprint density at radius 3 is 2.69 bits per heavy atom. The van der Waals surface area contributed by atoms with Gasteiger partial charge in [0.15, 0.2) is 6.61 Å². The van der Waals surface area contributed by atoms with Gasteiger partial charge in [0, 0.05) is 23.3 Å². The number of aryl methyl sites for hydroxylation is 1. The van der Waals surface area contributed by atoms with Crippen molar-refractivity contribution < 1.29 is 22.3 Å². The Labute approximate surface area is 151 Å². The first-order valence-electron chi connectivity index (χ1n) is 7.69. The predicted molar refractivity (Wildman–Crippen MR) is 89.9 cm³/mol. The van der Waals surface area contributed by atoms with Crippen molar-refractivity contribution in [1.29, 1.82) is 0 Å².